The van der Waals surface area contributed by atoms with E-state index in [9.17, 15) is 97.1 Å². The van der Waals surface area contributed by atoms with E-state index in [1.807, 2.05) is 0 Å². The first-order valence-corrected chi connectivity index (χ1v) is 41.5. The van der Waals surface area contributed by atoms with Gasteiger partial charge in [0.15, 0.2) is 5.96 Å². The van der Waals surface area contributed by atoms with Crippen molar-refractivity contribution >= 4 is 126 Å². The molecular weight excluding hydrogens is 1630 g/mol. The van der Waals surface area contributed by atoms with Gasteiger partial charge in [-0.3, -0.25) is 76.9 Å². The molecule has 0 unspecified atom stereocenters. The van der Waals surface area contributed by atoms with Gasteiger partial charge in [0.05, 0.1) is 38.5 Å². The molecule has 1 aliphatic rings. The van der Waals surface area contributed by atoms with Gasteiger partial charge in [0.2, 0.25) is 82.7 Å². The lowest BCUT2D eigenvalue weighted by molar-refractivity contribution is -0.142. The van der Waals surface area contributed by atoms with E-state index in [0.29, 0.717) is 57.1 Å². The van der Waals surface area contributed by atoms with Crippen molar-refractivity contribution in [1.82, 2.24) is 94.0 Å². The van der Waals surface area contributed by atoms with E-state index in [1.165, 1.54) is 29.9 Å². The maximum atomic E-state index is 14.8. The highest BCUT2D eigenvalue weighted by atomic mass is 32.1. The smallest absolute Gasteiger partial charge is 0.327 e. The molecule has 0 spiro atoms. The van der Waals surface area contributed by atoms with Crippen molar-refractivity contribution in [3.63, 3.8) is 0 Å². The van der Waals surface area contributed by atoms with Gasteiger partial charge in [-0.05, 0) is 161 Å². The number of aliphatic hydroxyl groups excluding tert-OH is 2. The van der Waals surface area contributed by atoms with Crippen LogP contribution in [0.4, 0.5) is 0 Å². The summed E-state index contributed by atoms with van der Waals surface area (Å²) in [6.45, 7) is -2.00. The Morgan fingerprint density at radius 1 is 0.446 bits per heavy atom. The van der Waals surface area contributed by atoms with E-state index < -0.39 is 218 Å². The molecule has 1 aliphatic heterocycles. The summed E-state index contributed by atoms with van der Waals surface area (Å²) in [5.74, 6) is -17.4. The van der Waals surface area contributed by atoms with Crippen LogP contribution in [-0.2, 0) is 89.6 Å². The van der Waals surface area contributed by atoms with Crippen molar-refractivity contribution in [1.29, 1.82) is 0 Å². The van der Waals surface area contributed by atoms with Gasteiger partial charge < -0.3 is 150 Å². The van der Waals surface area contributed by atoms with E-state index in [1.54, 1.807) is 0 Å². The molecule has 14 amide bonds. The van der Waals surface area contributed by atoms with Crippen LogP contribution in [-0.4, -0.2) is 308 Å². The SMILES string of the molecule is NCCCC[C@H](NC(=O)[C@H](CCCCN)NC(=O)[C@H](CCCCN)NC(=O)[C@H](CCCCN)NC(=O)[C@H](CCCCN)NC(=O)[C@@H]1CCCN1C(=O)[C@@H](N)Cc1cnc[nH]1)C(=O)N[C@@H](CCCN=C(N)N)C(=O)N[C@@H](CS)C(=O)N[C@@H](CO)C(=O)N[C@@H](CCC(=O)O)C(=O)NCC(=O)N[C@@H](Cc1cnc[nH]1)C(=O)N[C@@H](CO)C(=O)N[C@@H](CS)C(=O)O. The fourth-order valence-electron chi connectivity index (χ4n) is 12.5. The molecule has 47 nitrogen and oxygen atoms in total. The topological polar surface area (TPSA) is 792 Å². The van der Waals surface area contributed by atoms with Gasteiger partial charge >= 0.3 is 11.9 Å². The number of carboxylic acid groups (broad SMARTS) is 2. The number of nitrogens with two attached hydrogens (primary N) is 8. The number of nitrogens with zero attached hydrogens (tertiary/aromatic N) is 4. The summed E-state index contributed by atoms with van der Waals surface area (Å²) < 4.78 is 0. The molecule has 2 aromatic heterocycles. The van der Waals surface area contributed by atoms with Crippen LogP contribution in [0.5, 0.6) is 0 Å². The fraction of sp³-hybridized carbons (Fsp3) is 0.681. The Kier molecular flexibility index (Phi) is 50.7. The number of aliphatic imine (C=N–C) groups is 1. The summed E-state index contributed by atoms with van der Waals surface area (Å²) in [5.41, 5.74) is 47.6. The van der Waals surface area contributed by atoms with Gasteiger partial charge in [-0.15, -0.1) is 0 Å². The summed E-state index contributed by atoms with van der Waals surface area (Å²) in [6, 6.07) is -20.6. The Labute approximate surface area is 710 Å². The average molecular weight is 1750 g/mol. The van der Waals surface area contributed by atoms with Crippen molar-refractivity contribution in [2.45, 2.75) is 232 Å². The van der Waals surface area contributed by atoms with Crippen molar-refractivity contribution < 1.29 is 97.1 Å². The Hall–Kier alpha value is -10.4. The molecule has 3 heterocycles. The normalized spacial score (nSPS) is 15.6. The Bertz CT molecular complexity index is 3650. The molecule has 1 fully saturated rings. The van der Waals surface area contributed by atoms with Crippen molar-refractivity contribution in [2.24, 2.45) is 50.9 Å². The molecule has 35 N–H and O–H groups in total. The number of hydrogen-bond donors (Lipinski definition) is 29. The van der Waals surface area contributed by atoms with E-state index >= 15 is 0 Å². The highest BCUT2D eigenvalue weighted by Gasteiger charge is 2.41. The number of amides is 14. The van der Waals surface area contributed by atoms with Gasteiger partial charge in [0.1, 0.15) is 78.5 Å². The van der Waals surface area contributed by atoms with Crippen LogP contribution in [0.2, 0.25) is 0 Å². The number of carbonyl (C=O) groups excluding carboxylic acids is 14. The number of nitrogens with one attached hydrogen (secondary N) is 15. The second kappa shape index (κ2) is 58.5. The zero-order valence-electron chi connectivity index (χ0n) is 67.8. The van der Waals surface area contributed by atoms with Gasteiger partial charge in [-0.2, -0.15) is 25.3 Å². The number of imidazole rings is 2. The van der Waals surface area contributed by atoms with Crippen LogP contribution in [0, 0.1) is 0 Å². The molecule has 680 valence electrons. The van der Waals surface area contributed by atoms with Crippen molar-refractivity contribution in [3.8, 4) is 0 Å². The summed E-state index contributed by atoms with van der Waals surface area (Å²) in [5, 5.41) is 71.4. The van der Waals surface area contributed by atoms with Crippen LogP contribution in [0.3, 0.4) is 0 Å². The minimum absolute atomic E-state index is 0.00131. The lowest BCUT2D eigenvalue weighted by Crippen LogP contribution is -2.61. The van der Waals surface area contributed by atoms with Crippen molar-refractivity contribution in [2.75, 3.05) is 77.1 Å². The van der Waals surface area contributed by atoms with E-state index in [0.717, 1.165) is 0 Å². The van der Waals surface area contributed by atoms with Gasteiger partial charge in [0, 0.05) is 67.6 Å². The number of rotatable bonds is 63. The number of likely N-dealkylation sites (tertiary alicyclic amines) is 1. The van der Waals surface area contributed by atoms with E-state index in [-0.39, 0.29) is 147 Å². The summed E-state index contributed by atoms with van der Waals surface area (Å²) in [7, 11) is 0. The first-order chi connectivity index (χ1) is 57.8. The predicted octanol–water partition coefficient (Wildman–Crippen LogP) is -10.3. The van der Waals surface area contributed by atoms with Crippen LogP contribution in [0.1, 0.15) is 146 Å². The zero-order valence-corrected chi connectivity index (χ0v) is 69.6. The number of hydrogen-bond acceptors (Lipinski definition) is 29. The molecule has 14 atom stereocenters. The number of carboxylic acids is 2. The van der Waals surface area contributed by atoms with E-state index in [2.05, 4.69) is 119 Å². The fourth-order valence-corrected chi connectivity index (χ4v) is 13.0. The minimum Gasteiger partial charge on any atom is -0.481 e. The van der Waals surface area contributed by atoms with Gasteiger partial charge in [0.25, 0.3) is 0 Å². The maximum Gasteiger partial charge on any atom is 0.327 e. The number of H-pyrrole nitrogens is 2. The van der Waals surface area contributed by atoms with Gasteiger partial charge in [-0.1, -0.05) is 0 Å². The third-order valence-electron chi connectivity index (χ3n) is 19.2. The molecule has 1 saturated heterocycles. The lowest BCUT2D eigenvalue weighted by Gasteiger charge is -2.29. The van der Waals surface area contributed by atoms with Crippen LogP contribution in [0.15, 0.2) is 30.0 Å². The quantitative estimate of drug-likeness (QED) is 0.0127. The number of aromatic amines is 2. The van der Waals surface area contributed by atoms with E-state index in [4.69, 9.17) is 45.9 Å². The Morgan fingerprint density at radius 3 is 1.16 bits per heavy atom. The third kappa shape index (κ3) is 39.3. The molecule has 0 saturated carbocycles. The van der Waals surface area contributed by atoms with Crippen LogP contribution < -0.4 is 115 Å². The molecule has 0 aliphatic carbocycles. The monoisotopic (exact) mass is 1750 g/mol. The molecule has 0 radical (unpaired) electrons. The third-order valence-corrected chi connectivity index (χ3v) is 19.9. The number of carbonyl (C=O) groups is 16. The second-order valence-corrected chi connectivity index (χ2v) is 29.5. The number of unbranched alkanes of at least 4 members (excludes halogenated alkanes) is 5. The number of guanidine groups is 1. The summed E-state index contributed by atoms with van der Waals surface area (Å²) in [6.07, 6.45) is 7.83. The Balaban J connectivity index is 1.88. The summed E-state index contributed by atoms with van der Waals surface area (Å²) in [4.78, 5) is 239. The average Bonchev–Trinajstić information content (AvgIpc) is 1.72. The molecular formula is C72H125N27O20S2. The standard InChI is InChI=1S/C72H125N27O20S2/c73-22-6-1-13-43(89-61(108)45(15-3-8-24-75)91-63(110)47(17-5-10-26-77)94-69(116)55-19-12-28-99(55)70(117)42(78)29-40-31-81-38-85-40)59(106)88-44(14-2-7-23-74)60(107)90-46(16-4-9-25-76)62(109)92-48(18-11-27-83-72(79)80)64(111)97-53(36-120)68(115)96-51(34-100)66(113)93-49(20-21-57(103)104)58(105)84-33-56(102)87-50(30-41-32-82-39-86-41)65(112)95-52(35-101)67(114)98-54(37-121)71(118)119/h31-32,38-39,42-55,100-101,120-121H,1-30,33-37,73-78H2,(H,81,85)(H,82,86)(H,84,105)(H,87,102)(H,88,106)(H,89,108)(H,90,107)(H,91,110)(H,92,109)(H,93,113)(H,94,116)(H,95,112)(H,96,115)(H,97,111)(H,98,114)(H,103,104)(H,118,119)(H4,79,80,83)/t42-,43-,44-,45-,46-,47-,48-,49-,50-,51-,52-,53-,54-,55-/m0/s1. The molecule has 2 aromatic rings. The molecule has 3 rings (SSSR count). The number of aliphatic carboxylic acids is 2. The first-order valence-electron chi connectivity index (χ1n) is 40.2. The molecule has 121 heavy (non-hydrogen) atoms. The lowest BCUT2D eigenvalue weighted by atomic mass is 10.0. The van der Waals surface area contributed by atoms with Crippen molar-refractivity contribution in [3.05, 3.63) is 36.4 Å². The largest absolute Gasteiger partial charge is 0.481 e. The second-order valence-electron chi connectivity index (χ2n) is 28.7. The van der Waals surface area contributed by atoms with Crippen LogP contribution in [0.25, 0.3) is 0 Å². The number of thiol groups is 2. The maximum absolute atomic E-state index is 14.8. The predicted molar refractivity (Wildman–Crippen MR) is 444 cm³/mol. The molecule has 0 aromatic carbocycles. The Morgan fingerprint density at radius 2 is 0.793 bits per heavy atom. The van der Waals surface area contributed by atoms with Crippen LogP contribution >= 0.6 is 25.3 Å². The van der Waals surface area contributed by atoms with Gasteiger partial charge in [-0.25, -0.2) is 14.8 Å². The molecule has 49 heteroatoms. The summed E-state index contributed by atoms with van der Waals surface area (Å²) >= 11 is 8.10. The zero-order chi connectivity index (χ0) is 89.9. The highest BCUT2D eigenvalue weighted by Crippen LogP contribution is 2.21. The minimum atomic E-state index is -1.95. The molecule has 0 bridgehead atoms. The number of aromatic nitrogens is 4. The first kappa shape index (κ1) is 105. The number of aliphatic hydroxyl groups is 2. The highest BCUT2D eigenvalue weighted by molar-refractivity contribution is 7.80.